The van der Waals surface area contributed by atoms with Crippen molar-refractivity contribution in [1.29, 1.82) is 0 Å². The number of nitro benzene ring substituents is 1. The molecule has 0 spiro atoms. The van der Waals surface area contributed by atoms with Gasteiger partial charge in [-0.25, -0.2) is 13.6 Å². The van der Waals surface area contributed by atoms with Crippen molar-refractivity contribution in [2.24, 2.45) is 0 Å². The van der Waals surface area contributed by atoms with Crippen molar-refractivity contribution in [2.45, 2.75) is 13.0 Å². The molecule has 0 radical (unpaired) electrons. The van der Waals surface area contributed by atoms with Gasteiger partial charge in [0.1, 0.15) is 17.3 Å². The number of nitrogens with zero attached hydrogens (tertiary/aromatic N) is 2. The van der Waals surface area contributed by atoms with E-state index in [4.69, 9.17) is 4.74 Å². The van der Waals surface area contributed by atoms with Crippen molar-refractivity contribution in [3.8, 4) is 0 Å². The zero-order valence-corrected chi connectivity index (χ0v) is 15.2. The van der Waals surface area contributed by atoms with E-state index in [1.54, 1.807) is 14.1 Å². The number of nitrogens with one attached hydrogen (secondary N) is 1. The number of ether oxygens (including phenoxy) is 1. The number of nitro groups is 1. The van der Waals surface area contributed by atoms with Gasteiger partial charge in [0.15, 0.2) is 6.10 Å². The van der Waals surface area contributed by atoms with Crippen LogP contribution in [0.5, 0.6) is 0 Å². The molecule has 8 nitrogen and oxygen atoms in total. The minimum atomic E-state index is -1.33. The van der Waals surface area contributed by atoms with E-state index in [0.29, 0.717) is 11.8 Å². The van der Waals surface area contributed by atoms with Crippen molar-refractivity contribution in [3.63, 3.8) is 0 Å². The van der Waals surface area contributed by atoms with Gasteiger partial charge in [0.2, 0.25) is 0 Å². The van der Waals surface area contributed by atoms with Crippen molar-refractivity contribution in [3.05, 3.63) is 63.7 Å². The summed E-state index contributed by atoms with van der Waals surface area (Å²) in [6.45, 7) is 1.25. The van der Waals surface area contributed by atoms with Gasteiger partial charge in [0.25, 0.3) is 11.6 Å². The molecule has 0 aliphatic heterocycles. The fourth-order valence-corrected chi connectivity index (χ4v) is 2.28. The van der Waals surface area contributed by atoms with Gasteiger partial charge in [-0.1, -0.05) is 0 Å². The fourth-order valence-electron chi connectivity index (χ4n) is 2.28. The van der Waals surface area contributed by atoms with Crippen LogP contribution in [-0.4, -0.2) is 37.0 Å². The lowest BCUT2D eigenvalue weighted by atomic mass is 10.1. The summed E-state index contributed by atoms with van der Waals surface area (Å²) in [6.07, 6.45) is -1.33. The Kier molecular flexibility index (Phi) is 6.24. The number of esters is 1. The number of anilines is 2. The molecule has 0 saturated heterocycles. The lowest BCUT2D eigenvalue weighted by molar-refractivity contribution is -0.384. The molecule has 0 aliphatic carbocycles. The standard InChI is InChI=1S/C18H17F2N3O5/c1-10(17(24)21-14-6-5-12(19)9-13(14)20)28-18(25)11-4-7-15(22(2)3)16(8-11)23(26)27/h4-10H,1-3H3,(H,21,24)/t10-/m0/s1. The van der Waals surface area contributed by atoms with Gasteiger partial charge < -0.3 is 15.0 Å². The first-order valence-corrected chi connectivity index (χ1v) is 8.02. The average molecular weight is 393 g/mol. The second-order valence-electron chi connectivity index (χ2n) is 6.02. The summed E-state index contributed by atoms with van der Waals surface area (Å²) >= 11 is 0. The highest BCUT2D eigenvalue weighted by Crippen LogP contribution is 2.28. The molecule has 0 aromatic heterocycles. The van der Waals surface area contributed by atoms with Gasteiger partial charge in [-0.15, -0.1) is 0 Å². The van der Waals surface area contributed by atoms with Gasteiger partial charge in [-0.2, -0.15) is 0 Å². The number of benzene rings is 2. The van der Waals surface area contributed by atoms with Crippen LogP contribution in [-0.2, 0) is 9.53 Å². The van der Waals surface area contributed by atoms with Crippen LogP contribution in [0.1, 0.15) is 17.3 Å². The van der Waals surface area contributed by atoms with Crippen molar-refractivity contribution < 1.29 is 28.0 Å². The fraction of sp³-hybridized carbons (Fsp3) is 0.222. The summed E-state index contributed by atoms with van der Waals surface area (Å²) in [5.74, 6) is -3.60. The number of rotatable bonds is 6. The van der Waals surface area contributed by atoms with Gasteiger partial charge in [-0.3, -0.25) is 14.9 Å². The normalized spacial score (nSPS) is 11.5. The van der Waals surface area contributed by atoms with Crippen LogP contribution < -0.4 is 10.2 Å². The quantitative estimate of drug-likeness (QED) is 0.460. The number of hydrogen-bond acceptors (Lipinski definition) is 6. The highest BCUT2D eigenvalue weighted by Gasteiger charge is 2.23. The zero-order chi connectivity index (χ0) is 21.0. The second kappa shape index (κ2) is 8.42. The largest absolute Gasteiger partial charge is 0.449 e. The lowest BCUT2D eigenvalue weighted by Gasteiger charge is -2.15. The van der Waals surface area contributed by atoms with E-state index >= 15 is 0 Å². The molecule has 0 unspecified atom stereocenters. The van der Waals surface area contributed by atoms with Crippen molar-refractivity contribution in [2.75, 3.05) is 24.3 Å². The van der Waals surface area contributed by atoms with Gasteiger partial charge in [0.05, 0.1) is 16.2 Å². The topological polar surface area (TPSA) is 102 Å². The smallest absolute Gasteiger partial charge is 0.339 e. The Morgan fingerprint density at radius 2 is 1.86 bits per heavy atom. The predicted octanol–water partition coefficient (Wildman–Crippen LogP) is 3.12. The van der Waals surface area contributed by atoms with Crippen LogP contribution in [0.2, 0.25) is 0 Å². The van der Waals surface area contributed by atoms with Crippen LogP contribution in [0.25, 0.3) is 0 Å². The number of hydrogen-bond donors (Lipinski definition) is 1. The highest BCUT2D eigenvalue weighted by atomic mass is 19.1. The first kappa shape index (κ1) is 20.7. The Morgan fingerprint density at radius 3 is 2.43 bits per heavy atom. The monoisotopic (exact) mass is 393 g/mol. The maximum absolute atomic E-state index is 13.6. The molecule has 0 aliphatic rings. The highest BCUT2D eigenvalue weighted by molar-refractivity contribution is 5.98. The molecule has 1 amide bonds. The van der Waals surface area contributed by atoms with Crippen LogP contribution in [0, 0.1) is 21.7 Å². The number of carbonyl (C=O) groups is 2. The Labute approximate surface area is 158 Å². The lowest BCUT2D eigenvalue weighted by Crippen LogP contribution is -2.30. The van der Waals surface area contributed by atoms with E-state index in [9.17, 15) is 28.5 Å². The average Bonchev–Trinajstić information content (AvgIpc) is 2.63. The van der Waals surface area contributed by atoms with Crippen molar-refractivity contribution >= 4 is 28.9 Å². The molecule has 2 aromatic carbocycles. The van der Waals surface area contributed by atoms with E-state index in [-0.39, 0.29) is 16.9 Å². The maximum Gasteiger partial charge on any atom is 0.339 e. The zero-order valence-electron chi connectivity index (χ0n) is 15.2. The number of amides is 1. The SMILES string of the molecule is C[C@H](OC(=O)c1ccc(N(C)C)c([N+](=O)[O-])c1)C(=O)Nc1ccc(F)cc1F. The molecular weight excluding hydrogens is 376 g/mol. The van der Waals surface area contributed by atoms with Crippen molar-refractivity contribution in [1.82, 2.24) is 0 Å². The third kappa shape index (κ3) is 4.78. The Morgan fingerprint density at radius 1 is 1.18 bits per heavy atom. The molecule has 0 saturated carbocycles. The van der Waals surface area contributed by atoms with Gasteiger partial charge in [0, 0.05) is 26.2 Å². The van der Waals surface area contributed by atoms with Crippen LogP contribution in [0.3, 0.4) is 0 Å². The molecule has 1 atom stereocenters. The minimum absolute atomic E-state index is 0.120. The van der Waals surface area contributed by atoms with Crippen LogP contribution in [0.15, 0.2) is 36.4 Å². The minimum Gasteiger partial charge on any atom is -0.449 e. The summed E-state index contributed by atoms with van der Waals surface area (Å²) in [5, 5.41) is 13.4. The molecule has 10 heteroatoms. The summed E-state index contributed by atoms with van der Waals surface area (Å²) < 4.78 is 31.5. The molecule has 28 heavy (non-hydrogen) atoms. The van der Waals surface area contributed by atoms with E-state index in [0.717, 1.165) is 18.2 Å². The van der Waals surface area contributed by atoms with E-state index in [1.807, 2.05) is 0 Å². The predicted molar refractivity (Wildman–Crippen MR) is 97.3 cm³/mol. The van der Waals surface area contributed by atoms with Gasteiger partial charge >= 0.3 is 5.97 Å². The van der Waals surface area contributed by atoms with E-state index in [2.05, 4.69) is 5.32 Å². The summed E-state index contributed by atoms with van der Waals surface area (Å²) in [5.41, 5.74) is -0.408. The maximum atomic E-state index is 13.6. The molecule has 0 fully saturated rings. The third-order valence-corrected chi connectivity index (χ3v) is 3.73. The first-order valence-electron chi connectivity index (χ1n) is 8.02. The van der Waals surface area contributed by atoms with E-state index in [1.165, 1.54) is 24.0 Å². The Bertz CT molecular complexity index is 933. The summed E-state index contributed by atoms with van der Waals surface area (Å²) in [6, 6.07) is 6.34. The second-order valence-corrected chi connectivity index (χ2v) is 6.02. The summed E-state index contributed by atoms with van der Waals surface area (Å²) in [7, 11) is 3.22. The molecule has 1 N–H and O–H groups in total. The Balaban J connectivity index is 2.12. The Hall–Kier alpha value is -3.56. The number of halogens is 2. The summed E-state index contributed by atoms with van der Waals surface area (Å²) in [4.78, 5) is 36.4. The third-order valence-electron chi connectivity index (χ3n) is 3.73. The molecule has 2 aromatic rings. The number of carbonyl (C=O) groups excluding carboxylic acids is 2. The van der Waals surface area contributed by atoms with Crippen LogP contribution >= 0.6 is 0 Å². The van der Waals surface area contributed by atoms with Gasteiger partial charge in [-0.05, 0) is 31.2 Å². The van der Waals surface area contributed by atoms with Crippen LogP contribution in [0.4, 0.5) is 25.8 Å². The molecule has 2 rings (SSSR count). The molecule has 148 valence electrons. The molecular formula is C18H17F2N3O5. The van der Waals surface area contributed by atoms with E-state index < -0.39 is 34.5 Å². The molecule has 0 heterocycles. The molecule has 0 bridgehead atoms. The first-order chi connectivity index (χ1) is 13.1.